The van der Waals surface area contributed by atoms with Gasteiger partial charge in [0.15, 0.2) is 5.58 Å². The number of oxazole rings is 1. The second-order valence-electron chi connectivity index (χ2n) is 7.88. The van der Waals surface area contributed by atoms with Crippen LogP contribution in [0.4, 0.5) is 0 Å². The molecule has 7 heteroatoms. The monoisotopic (exact) mass is 345 g/mol. The Morgan fingerprint density at radius 2 is 1.92 bits per heavy atom. The first kappa shape index (κ1) is 16.9. The summed E-state index contributed by atoms with van der Waals surface area (Å²) >= 11 is 0. The van der Waals surface area contributed by atoms with Crippen LogP contribution in [0.5, 0.6) is 0 Å². The van der Waals surface area contributed by atoms with E-state index in [0.717, 1.165) is 37.0 Å². The van der Waals surface area contributed by atoms with E-state index in [1.807, 2.05) is 18.2 Å². The lowest BCUT2D eigenvalue weighted by Gasteiger charge is -2.33. The molecule has 1 aromatic heterocycles. The summed E-state index contributed by atoms with van der Waals surface area (Å²) < 4.78 is 24.3. The van der Waals surface area contributed by atoms with Crippen molar-refractivity contribution in [2.45, 2.75) is 33.2 Å². The van der Waals surface area contributed by atoms with Crippen molar-refractivity contribution in [1.29, 1.82) is 0 Å². The molecule has 0 saturated carbocycles. The van der Waals surface area contributed by atoms with E-state index in [1.54, 1.807) is 4.57 Å². The van der Waals surface area contributed by atoms with E-state index in [1.165, 1.54) is 0 Å². The van der Waals surface area contributed by atoms with Crippen molar-refractivity contribution in [1.82, 2.24) is 4.57 Å². The molecule has 134 valence electrons. The van der Waals surface area contributed by atoms with Gasteiger partial charge in [-0.15, -0.1) is 0 Å². The third-order valence-corrected chi connectivity index (χ3v) is 5.00. The number of benzene rings is 1. The van der Waals surface area contributed by atoms with Gasteiger partial charge >= 0.3 is 12.9 Å². The highest BCUT2D eigenvalue weighted by Gasteiger charge is 2.33. The zero-order valence-corrected chi connectivity index (χ0v) is 14.8. The minimum Gasteiger partial charge on any atom is -0.408 e. The van der Waals surface area contributed by atoms with E-state index >= 15 is 0 Å². The lowest BCUT2D eigenvalue weighted by atomic mass is 9.76. The van der Waals surface area contributed by atoms with Gasteiger partial charge in [-0.1, -0.05) is 19.9 Å². The van der Waals surface area contributed by atoms with Crippen LogP contribution < -0.4 is 11.2 Å². The summed E-state index contributed by atoms with van der Waals surface area (Å²) in [5, 5.41) is 0. The lowest BCUT2D eigenvalue weighted by Crippen LogP contribution is -2.47. The van der Waals surface area contributed by atoms with Gasteiger partial charge in [-0.2, -0.15) is 0 Å². The van der Waals surface area contributed by atoms with Gasteiger partial charge in [0.25, 0.3) is 0 Å². The van der Waals surface area contributed by atoms with Crippen molar-refractivity contribution in [3.8, 4) is 0 Å². The minimum absolute atomic E-state index is 0.0292. The van der Waals surface area contributed by atoms with E-state index < -0.39 is 0 Å². The van der Waals surface area contributed by atoms with Gasteiger partial charge in [-0.3, -0.25) is 4.57 Å². The molecule has 0 amide bonds. The number of hydrogen-bond acceptors (Lipinski definition) is 5. The molecule has 6 nitrogen and oxygen atoms in total. The highest BCUT2D eigenvalue weighted by molar-refractivity contribution is 6.61. The number of rotatable bonds is 3. The van der Waals surface area contributed by atoms with Gasteiger partial charge in [0.05, 0.1) is 5.52 Å². The van der Waals surface area contributed by atoms with Gasteiger partial charge < -0.3 is 18.5 Å². The maximum atomic E-state index is 12.3. The van der Waals surface area contributed by atoms with E-state index in [4.69, 9.17) is 18.5 Å². The van der Waals surface area contributed by atoms with Crippen LogP contribution in [-0.2, 0) is 20.6 Å². The zero-order valence-electron chi connectivity index (χ0n) is 14.8. The van der Waals surface area contributed by atoms with Crippen LogP contribution in [0.3, 0.4) is 0 Å². The summed E-state index contributed by atoms with van der Waals surface area (Å²) in [7, 11) is -0.390. The summed E-state index contributed by atoms with van der Waals surface area (Å²) in [6, 6.07) is 5.70. The summed E-state index contributed by atoms with van der Waals surface area (Å²) in [6.07, 6.45) is 1.95. The second-order valence-corrected chi connectivity index (χ2v) is 7.88. The average molecular weight is 345 g/mol. The predicted molar refractivity (Wildman–Crippen MR) is 95.1 cm³/mol. The molecule has 2 aliphatic rings. The second kappa shape index (κ2) is 6.63. The molecule has 2 fully saturated rings. The number of fused-ring (bicyclic) bond motifs is 1. The Labute approximate surface area is 147 Å². The molecule has 25 heavy (non-hydrogen) atoms. The first-order valence-corrected chi connectivity index (χ1v) is 8.96. The van der Waals surface area contributed by atoms with Crippen LogP contribution in [0.15, 0.2) is 27.4 Å². The average Bonchev–Trinajstić information content (AvgIpc) is 2.91. The topological polar surface area (TPSA) is 62.8 Å². The summed E-state index contributed by atoms with van der Waals surface area (Å²) in [6.45, 7) is 7.73. The van der Waals surface area contributed by atoms with Crippen molar-refractivity contribution in [2.24, 2.45) is 11.3 Å². The van der Waals surface area contributed by atoms with Gasteiger partial charge in [-0.25, -0.2) is 4.79 Å². The van der Waals surface area contributed by atoms with Gasteiger partial charge in [0, 0.05) is 38.4 Å². The Morgan fingerprint density at radius 3 is 2.64 bits per heavy atom. The number of aromatic nitrogens is 1. The zero-order chi connectivity index (χ0) is 17.4. The fourth-order valence-corrected chi connectivity index (χ4v) is 3.47. The van der Waals surface area contributed by atoms with Crippen LogP contribution in [0.1, 0.15) is 26.7 Å². The van der Waals surface area contributed by atoms with Crippen molar-refractivity contribution < 1.29 is 18.5 Å². The third kappa shape index (κ3) is 3.54. The predicted octanol–water partition coefficient (Wildman–Crippen LogP) is 1.79. The maximum Gasteiger partial charge on any atom is 0.493 e. The first-order chi connectivity index (χ1) is 12.0. The smallest absolute Gasteiger partial charge is 0.408 e. The van der Waals surface area contributed by atoms with Crippen molar-refractivity contribution in [3.63, 3.8) is 0 Å². The number of hydrogen-bond donors (Lipinski definition) is 0. The first-order valence-electron chi connectivity index (χ1n) is 8.96. The SMILES string of the molecule is CC1(C)COB(c2ccc3oc(=O)n(CC4CCOCC4)c3c2)OC1. The van der Waals surface area contributed by atoms with Crippen LogP contribution in [0.2, 0.25) is 0 Å². The van der Waals surface area contributed by atoms with E-state index in [9.17, 15) is 4.79 Å². The number of nitrogens with zero attached hydrogens (tertiary/aromatic N) is 1. The van der Waals surface area contributed by atoms with Gasteiger partial charge in [0.1, 0.15) is 0 Å². The highest BCUT2D eigenvalue weighted by atomic mass is 16.6. The molecule has 0 unspecified atom stereocenters. The molecule has 0 N–H and O–H groups in total. The molecule has 4 rings (SSSR count). The Balaban J connectivity index is 1.61. The Bertz CT molecular complexity index is 795. The van der Waals surface area contributed by atoms with E-state index in [-0.39, 0.29) is 18.3 Å². The Hall–Kier alpha value is -1.57. The molecule has 0 aliphatic carbocycles. The van der Waals surface area contributed by atoms with Crippen molar-refractivity contribution in [2.75, 3.05) is 26.4 Å². The Kier molecular flexibility index (Phi) is 4.48. The molecular weight excluding hydrogens is 321 g/mol. The van der Waals surface area contributed by atoms with E-state index in [0.29, 0.717) is 31.3 Å². The fourth-order valence-electron chi connectivity index (χ4n) is 3.47. The normalized spacial score (nSPS) is 21.8. The van der Waals surface area contributed by atoms with Crippen molar-refractivity contribution >= 4 is 23.7 Å². The summed E-state index contributed by atoms with van der Waals surface area (Å²) in [5.41, 5.74) is 2.37. The molecule has 0 spiro atoms. The highest BCUT2D eigenvalue weighted by Crippen LogP contribution is 2.23. The van der Waals surface area contributed by atoms with Crippen LogP contribution in [0, 0.1) is 11.3 Å². The largest absolute Gasteiger partial charge is 0.493 e. The standard InChI is InChI=1S/C18H24BNO5/c1-18(2)11-23-19(24-12-18)14-3-4-16-15(9-14)20(17(21)25-16)10-13-5-7-22-8-6-13/h3-4,9,13H,5-8,10-12H2,1-2H3. The van der Waals surface area contributed by atoms with Gasteiger partial charge in [0.2, 0.25) is 0 Å². The molecule has 0 bridgehead atoms. The quantitative estimate of drug-likeness (QED) is 0.794. The van der Waals surface area contributed by atoms with Gasteiger partial charge in [-0.05, 0) is 36.4 Å². The minimum atomic E-state index is -0.390. The maximum absolute atomic E-state index is 12.3. The third-order valence-electron chi connectivity index (χ3n) is 5.00. The summed E-state index contributed by atoms with van der Waals surface area (Å²) in [4.78, 5) is 12.3. The lowest BCUT2D eigenvalue weighted by molar-refractivity contribution is 0.0343. The summed E-state index contributed by atoms with van der Waals surface area (Å²) in [5.74, 6) is 0.143. The van der Waals surface area contributed by atoms with Crippen LogP contribution >= 0.6 is 0 Å². The molecule has 0 radical (unpaired) electrons. The Morgan fingerprint density at radius 1 is 1.20 bits per heavy atom. The molecule has 1 aromatic carbocycles. The molecular formula is C18H24BNO5. The molecule has 2 saturated heterocycles. The number of ether oxygens (including phenoxy) is 1. The van der Waals surface area contributed by atoms with E-state index in [2.05, 4.69) is 13.8 Å². The van der Waals surface area contributed by atoms with Crippen LogP contribution in [-0.4, -0.2) is 38.1 Å². The molecule has 3 heterocycles. The fraction of sp³-hybridized carbons (Fsp3) is 0.611. The van der Waals surface area contributed by atoms with Crippen LogP contribution in [0.25, 0.3) is 11.1 Å². The molecule has 0 atom stereocenters. The molecule has 2 aromatic rings. The van der Waals surface area contributed by atoms with Crippen molar-refractivity contribution in [3.05, 3.63) is 28.7 Å². The molecule has 2 aliphatic heterocycles.